The number of nitrogens with two attached hydrogens (primary N) is 1. The summed E-state index contributed by atoms with van der Waals surface area (Å²) in [5, 5.41) is 2.88. The number of carbonyl (C=O) groups is 1. The lowest BCUT2D eigenvalue weighted by molar-refractivity contribution is -0.124. The van der Waals surface area contributed by atoms with Gasteiger partial charge in [0.2, 0.25) is 5.91 Å². The van der Waals surface area contributed by atoms with Crippen molar-refractivity contribution < 1.29 is 9.53 Å². The van der Waals surface area contributed by atoms with Crippen molar-refractivity contribution in [1.29, 1.82) is 0 Å². The third kappa shape index (κ3) is 9.33. The first-order chi connectivity index (χ1) is 10.6. The molecule has 0 aliphatic rings. The second-order valence-corrected chi connectivity index (χ2v) is 5.37. The van der Waals surface area contributed by atoms with Crippen LogP contribution >= 0.6 is 24.8 Å². The van der Waals surface area contributed by atoms with Gasteiger partial charge in [-0.05, 0) is 30.8 Å². The Kier molecular flexibility index (Phi) is 15.1. The number of likely N-dealkylation sites (N-methyl/N-ethyl adjacent to an activating group) is 1. The summed E-state index contributed by atoms with van der Waals surface area (Å²) in [5.41, 5.74) is 6.52. The zero-order valence-corrected chi connectivity index (χ0v) is 16.4. The number of hydrogen-bond acceptors (Lipinski definition) is 4. The number of halogens is 2. The third-order valence-corrected chi connectivity index (χ3v) is 3.76. The predicted octanol–water partition coefficient (Wildman–Crippen LogP) is 2.46. The van der Waals surface area contributed by atoms with Gasteiger partial charge in [0.1, 0.15) is 12.4 Å². The second-order valence-electron chi connectivity index (χ2n) is 5.37. The summed E-state index contributed by atoms with van der Waals surface area (Å²) < 4.78 is 5.73. The zero-order valence-electron chi connectivity index (χ0n) is 14.8. The number of rotatable bonds is 10. The number of carbonyl (C=O) groups excluding carboxylic acids is 1. The van der Waals surface area contributed by atoms with Gasteiger partial charge in [-0.15, -0.1) is 24.8 Å². The highest BCUT2D eigenvalue weighted by molar-refractivity contribution is 5.85. The summed E-state index contributed by atoms with van der Waals surface area (Å²) in [6, 6.07) is 7.83. The Morgan fingerprint density at radius 3 is 2.29 bits per heavy atom. The molecule has 0 aliphatic heterocycles. The summed E-state index contributed by atoms with van der Waals surface area (Å²) in [6.45, 7) is 10.7. The lowest BCUT2D eigenvalue weighted by atomic mass is 10.1. The molecule has 7 heteroatoms. The zero-order chi connectivity index (χ0) is 16.4. The molecule has 1 unspecified atom stereocenters. The van der Waals surface area contributed by atoms with Gasteiger partial charge in [-0.25, -0.2) is 0 Å². The molecule has 1 atom stereocenters. The van der Waals surface area contributed by atoms with E-state index in [0.29, 0.717) is 19.7 Å². The van der Waals surface area contributed by atoms with Gasteiger partial charge in [0.15, 0.2) is 0 Å². The first-order valence-corrected chi connectivity index (χ1v) is 8.02. The molecular weight excluding hydrogens is 349 g/mol. The normalized spacial score (nSPS) is 11.2. The van der Waals surface area contributed by atoms with Gasteiger partial charge in [0.25, 0.3) is 0 Å². The number of hydrogen-bond donors (Lipinski definition) is 2. The van der Waals surface area contributed by atoms with Crippen molar-refractivity contribution in [1.82, 2.24) is 10.2 Å². The summed E-state index contributed by atoms with van der Waals surface area (Å²) in [5.74, 6) is 0.697. The van der Waals surface area contributed by atoms with E-state index in [1.165, 1.54) is 0 Å². The van der Waals surface area contributed by atoms with Crippen LogP contribution in [0.15, 0.2) is 24.3 Å². The molecule has 0 heterocycles. The maximum absolute atomic E-state index is 11.7. The Labute approximate surface area is 158 Å². The number of ether oxygens (including phenoxy) is 1. The highest BCUT2D eigenvalue weighted by Gasteiger charge is 2.09. The number of nitrogens with one attached hydrogen (secondary N) is 1. The fourth-order valence-electron chi connectivity index (χ4n) is 2.01. The molecule has 1 rings (SSSR count). The van der Waals surface area contributed by atoms with Crippen LogP contribution in [0.4, 0.5) is 0 Å². The van der Waals surface area contributed by atoms with Crippen LogP contribution in [0.5, 0.6) is 5.75 Å². The molecule has 0 saturated heterocycles. The van der Waals surface area contributed by atoms with E-state index in [1.807, 2.05) is 31.2 Å². The SMILES string of the molecule is CCN(CC)CCOc1ccc(CNC(=O)C(C)CN)cc1.Cl.Cl. The van der Waals surface area contributed by atoms with E-state index in [9.17, 15) is 4.79 Å². The molecule has 0 spiro atoms. The van der Waals surface area contributed by atoms with E-state index in [-0.39, 0.29) is 36.6 Å². The van der Waals surface area contributed by atoms with Crippen LogP contribution < -0.4 is 15.8 Å². The molecule has 1 aromatic carbocycles. The number of amides is 1. The number of nitrogens with zero attached hydrogens (tertiary/aromatic N) is 1. The fourth-order valence-corrected chi connectivity index (χ4v) is 2.01. The highest BCUT2D eigenvalue weighted by atomic mass is 35.5. The molecule has 5 nitrogen and oxygen atoms in total. The number of benzene rings is 1. The Bertz CT molecular complexity index is 440. The minimum atomic E-state index is -0.150. The van der Waals surface area contributed by atoms with Crippen LogP contribution in [0.2, 0.25) is 0 Å². The van der Waals surface area contributed by atoms with Gasteiger partial charge in [-0.3, -0.25) is 4.79 Å². The second kappa shape index (κ2) is 14.3. The average molecular weight is 380 g/mol. The Morgan fingerprint density at radius 2 is 1.79 bits per heavy atom. The molecule has 1 amide bonds. The van der Waals surface area contributed by atoms with Gasteiger partial charge >= 0.3 is 0 Å². The van der Waals surface area contributed by atoms with Crippen LogP contribution in [-0.2, 0) is 11.3 Å². The lowest BCUT2D eigenvalue weighted by Gasteiger charge is -2.18. The minimum absolute atomic E-state index is 0. The van der Waals surface area contributed by atoms with Gasteiger partial charge in [0.05, 0.1) is 0 Å². The quantitative estimate of drug-likeness (QED) is 0.654. The third-order valence-electron chi connectivity index (χ3n) is 3.76. The standard InChI is InChI=1S/C17H29N3O2.2ClH/c1-4-20(5-2)10-11-22-16-8-6-15(7-9-16)13-19-17(21)14(3)12-18;;/h6-9,14H,4-5,10-13,18H2,1-3H3,(H,19,21);2*1H. The van der Waals surface area contributed by atoms with Crippen molar-refractivity contribution in [3.8, 4) is 5.75 Å². The molecule has 24 heavy (non-hydrogen) atoms. The molecular formula is C17H31Cl2N3O2. The van der Waals surface area contributed by atoms with Gasteiger partial charge in [0, 0.05) is 25.6 Å². The first kappa shape index (κ1) is 25.2. The molecule has 0 aromatic heterocycles. The molecule has 0 fully saturated rings. The molecule has 0 aliphatic carbocycles. The highest BCUT2D eigenvalue weighted by Crippen LogP contribution is 2.12. The van der Waals surface area contributed by atoms with E-state index >= 15 is 0 Å². The van der Waals surface area contributed by atoms with E-state index < -0.39 is 0 Å². The van der Waals surface area contributed by atoms with Gasteiger partial charge in [-0.1, -0.05) is 32.9 Å². The smallest absolute Gasteiger partial charge is 0.224 e. The van der Waals surface area contributed by atoms with E-state index in [0.717, 1.165) is 30.9 Å². The summed E-state index contributed by atoms with van der Waals surface area (Å²) in [6.07, 6.45) is 0. The van der Waals surface area contributed by atoms with Crippen molar-refractivity contribution in [2.24, 2.45) is 11.7 Å². The Morgan fingerprint density at radius 1 is 1.21 bits per heavy atom. The monoisotopic (exact) mass is 379 g/mol. The largest absolute Gasteiger partial charge is 0.492 e. The van der Waals surface area contributed by atoms with Crippen LogP contribution in [0.25, 0.3) is 0 Å². The fraction of sp³-hybridized carbons (Fsp3) is 0.588. The Hall–Kier alpha value is -1.01. The predicted molar refractivity (Wildman–Crippen MR) is 104 cm³/mol. The van der Waals surface area contributed by atoms with Crippen LogP contribution in [-0.4, -0.2) is 43.6 Å². The summed E-state index contributed by atoms with van der Waals surface area (Å²) in [7, 11) is 0. The lowest BCUT2D eigenvalue weighted by Crippen LogP contribution is -2.32. The van der Waals surface area contributed by atoms with Crippen molar-refractivity contribution >= 4 is 30.7 Å². The van der Waals surface area contributed by atoms with Crippen molar-refractivity contribution in [2.45, 2.75) is 27.3 Å². The maximum atomic E-state index is 11.7. The van der Waals surface area contributed by atoms with Gasteiger partial charge < -0.3 is 20.7 Å². The van der Waals surface area contributed by atoms with Crippen LogP contribution in [0.3, 0.4) is 0 Å². The van der Waals surface area contributed by atoms with Crippen molar-refractivity contribution in [3.63, 3.8) is 0 Å². The molecule has 0 radical (unpaired) electrons. The molecule has 140 valence electrons. The molecule has 1 aromatic rings. The van der Waals surface area contributed by atoms with Crippen LogP contribution in [0.1, 0.15) is 26.3 Å². The van der Waals surface area contributed by atoms with Crippen molar-refractivity contribution in [2.75, 3.05) is 32.8 Å². The molecule has 3 N–H and O–H groups in total. The van der Waals surface area contributed by atoms with Crippen LogP contribution in [0, 0.1) is 5.92 Å². The first-order valence-electron chi connectivity index (χ1n) is 8.02. The summed E-state index contributed by atoms with van der Waals surface area (Å²) >= 11 is 0. The maximum Gasteiger partial charge on any atom is 0.224 e. The topological polar surface area (TPSA) is 67.6 Å². The Balaban J connectivity index is 0. The van der Waals surface area contributed by atoms with E-state index in [1.54, 1.807) is 0 Å². The minimum Gasteiger partial charge on any atom is -0.492 e. The van der Waals surface area contributed by atoms with E-state index in [4.69, 9.17) is 10.5 Å². The summed E-state index contributed by atoms with van der Waals surface area (Å²) in [4.78, 5) is 14.0. The van der Waals surface area contributed by atoms with E-state index in [2.05, 4.69) is 24.1 Å². The molecule has 0 bridgehead atoms. The van der Waals surface area contributed by atoms with Gasteiger partial charge in [-0.2, -0.15) is 0 Å². The van der Waals surface area contributed by atoms with Crippen molar-refractivity contribution in [3.05, 3.63) is 29.8 Å². The molecule has 0 saturated carbocycles. The average Bonchev–Trinajstić information content (AvgIpc) is 2.56.